The fourth-order valence-corrected chi connectivity index (χ4v) is 9.75. The van der Waals surface area contributed by atoms with E-state index in [1.807, 2.05) is 34.5 Å². The molecule has 3 fully saturated rings. The Kier molecular flexibility index (Phi) is 13.3. The topological polar surface area (TPSA) is 135 Å². The number of aliphatic hydroxyl groups is 1. The van der Waals surface area contributed by atoms with E-state index in [2.05, 4.69) is 57.2 Å². The number of fused-ring (bicyclic) bond motifs is 1. The van der Waals surface area contributed by atoms with Crippen molar-refractivity contribution in [1.29, 1.82) is 0 Å². The van der Waals surface area contributed by atoms with Gasteiger partial charge in [-0.05, 0) is 105 Å². The predicted octanol–water partition coefficient (Wildman–Crippen LogP) is 4.44. The van der Waals surface area contributed by atoms with Crippen LogP contribution in [0.4, 0.5) is 4.79 Å². The number of hydrogen-bond donors (Lipinski definition) is 5. The van der Waals surface area contributed by atoms with Gasteiger partial charge in [0.2, 0.25) is 5.91 Å². The van der Waals surface area contributed by atoms with Crippen molar-refractivity contribution < 1.29 is 19.4 Å². The molecule has 0 radical (unpaired) electrons. The quantitative estimate of drug-likeness (QED) is 0.120. The van der Waals surface area contributed by atoms with Gasteiger partial charge in [0, 0.05) is 62.3 Å². The Balaban J connectivity index is 1.01. The Morgan fingerprint density at radius 2 is 1.87 bits per heavy atom. The first kappa shape index (κ1) is 38.9. The molecule has 2 aromatic carbocycles. The molecule has 11 nitrogen and oxygen atoms in total. The van der Waals surface area contributed by atoms with Crippen LogP contribution in [0.25, 0.3) is 0 Å². The van der Waals surface area contributed by atoms with Crippen LogP contribution in [0, 0.1) is 5.41 Å². The summed E-state index contributed by atoms with van der Waals surface area (Å²) < 4.78 is 6.01. The van der Waals surface area contributed by atoms with Gasteiger partial charge in [0.1, 0.15) is 12.0 Å². The second-order valence-electron chi connectivity index (χ2n) is 15.9. The van der Waals surface area contributed by atoms with Gasteiger partial charge in [0.05, 0.1) is 12.1 Å². The molecule has 12 heteroatoms. The third-order valence-corrected chi connectivity index (χ3v) is 13.1. The van der Waals surface area contributed by atoms with Gasteiger partial charge in [0.25, 0.3) is 0 Å². The zero-order chi connectivity index (χ0) is 37.3. The second-order valence-corrected chi connectivity index (χ2v) is 16.9. The lowest BCUT2D eigenvalue weighted by atomic mass is 9.72. The van der Waals surface area contributed by atoms with E-state index in [0.29, 0.717) is 43.8 Å². The number of thiophene rings is 1. The standard InChI is InChI=1S/C42H59N7O4S/c43-20-5-4-12-36(46-33-14-17-42(18-15-33)19-22-47(30-42)28-31-8-2-1-3-9-31)40(51)49-24-23-48(29-37(49)39(50)45-27-34-11-7-25-54-34)41(52)53-38-13-6-10-32-26-44-21-16-35(32)38/h1-3,6-11,13,25,33,36-37,39,44-46,50H,4-5,12,14-24,26-30,43H2/t33?,36-,37+,39?,42?/m1/s1. The van der Waals surface area contributed by atoms with Crippen LogP contribution in [-0.2, 0) is 30.8 Å². The molecule has 1 unspecified atom stereocenters. The number of nitrogens with one attached hydrogen (secondary N) is 3. The minimum atomic E-state index is -1.04. The number of ether oxygens (including phenoxy) is 1. The number of benzene rings is 2. The summed E-state index contributed by atoms with van der Waals surface area (Å²) >= 11 is 1.61. The van der Waals surface area contributed by atoms with Crippen molar-refractivity contribution in [2.75, 3.05) is 45.8 Å². The van der Waals surface area contributed by atoms with Gasteiger partial charge in [-0.3, -0.25) is 15.0 Å². The van der Waals surface area contributed by atoms with E-state index in [1.54, 1.807) is 16.2 Å². The van der Waals surface area contributed by atoms with Crippen molar-refractivity contribution in [2.45, 2.75) is 102 Å². The van der Waals surface area contributed by atoms with Crippen LogP contribution in [0.15, 0.2) is 66.0 Å². The lowest BCUT2D eigenvalue weighted by Crippen LogP contribution is -2.66. The van der Waals surface area contributed by atoms with Crippen LogP contribution < -0.4 is 26.4 Å². The molecule has 1 aliphatic carbocycles. The van der Waals surface area contributed by atoms with Crippen molar-refractivity contribution in [1.82, 2.24) is 30.7 Å². The molecule has 7 rings (SSSR count). The summed E-state index contributed by atoms with van der Waals surface area (Å²) in [5.74, 6) is 0.576. The van der Waals surface area contributed by atoms with Crippen LogP contribution in [-0.4, -0.2) is 102 Å². The number of nitrogens with zero attached hydrogens (tertiary/aromatic N) is 3. The average Bonchev–Trinajstić information content (AvgIpc) is 3.88. The van der Waals surface area contributed by atoms with E-state index < -0.39 is 18.4 Å². The van der Waals surface area contributed by atoms with Crippen molar-refractivity contribution in [2.24, 2.45) is 11.1 Å². The van der Waals surface area contributed by atoms with Gasteiger partial charge >= 0.3 is 6.09 Å². The van der Waals surface area contributed by atoms with Crippen LogP contribution in [0.3, 0.4) is 0 Å². The van der Waals surface area contributed by atoms with E-state index in [4.69, 9.17) is 10.5 Å². The summed E-state index contributed by atoms with van der Waals surface area (Å²) in [5, 5.41) is 24.1. The van der Waals surface area contributed by atoms with Crippen molar-refractivity contribution >= 4 is 23.3 Å². The second kappa shape index (κ2) is 18.5. The largest absolute Gasteiger partial charge is 0.415 e. The number of carbonyl (C=O) groups excluding carboxylic acids is 2. The smallest absolute Gasteiger partial charge is 0.410 e. The van der Waals surface area contributed by atoms with Gasteiger partial charge in [-0.2, -0.15) is 0 Å². The highest BCUT2D eigenvalue weighted by Gasteiger charge is 2.43. The summed E-state index contributed by atoms with van der Waals surface area (Å²) in [4.78, 5) is 35.5. The van der Waals surface area contributed by atoms with Crippen LogP contribution >= 0.6 is 11.3 Å². The van der Waals surface area contributed by atoms with Crippen molar-refractivity contribution in [3.05, 3.63) is 87.6 Å². The lowest BCUT2D eigenvalue weighted by molar-refractivity contribution is -0.143. The third kappa shape index (κ3) is 9.71. The minimum Gasteiger partial charge on any atom is -0.410 e. The molecule has 4 heterocycles. The molecule has 6 N–H and O–H groups in total. The molecule has 1 spiro atoms. The summed E-state index contributed by atoms with van der Waals surface area (Å²) in [7, 11) is 0. The normalized spacial score (nSPS) is 24.3. The molecule has 2 saturated heterocycles. The molecule has 3 aromatic rings. The van der Waals surface area contributed by atoms with Gasteiger partial charge in [-0.15, -0.1) is 11.3 Å². The number of carbonyl (C=O) groups is 2. The molecule has 1 saturated carbocycles. The first-order chi connectivity index (χ1) is 26.4. The maximum atomic E-state index is 14.7. The number of amides is 2. The predicted molar refractivity (Wildman–Crippen MR) is 213 cm³/mol. The first-order valence-electron chi connectivity index (χ1n) is 20.1. The molecule has 54 heavy (non-hydrogen) atoms. The van der Waals surface area contributed by atoms with Gasteiger partial charge < -0.3 is 36.0 Å². The highest BCUT2D eigenvalue weighted by molar-refractivity contribution is 7.09. The monoisotopic (exact) mass is 757 g/mol. The summed E-state index contributed by atoms with van der Waals surface area (Å²) in [6.07, 6.45) is 7.34. The molecule has 0 bridgehead atoms. The van der Waals surface area contributed by atoms with Gasteiger partial charge in [-0.1, -0.05) is 55.0 Å². The Morgan fingerprint density at radius 1 is 1.02 bits per heavy atom. The number of aliphatic hydroxyl groups excluding tert-OH is 1. The third-order valence-electron chi connectivity index (χ3n) is 12.2. The van der Waals surface area contributed by atoms with Crippen LogP contribution in [0.5, 0.6) is 5.75 Å². The fourth-order valence-electron chi connectivity index (χ4n) is 9.09. The minimum absolute atomic E-state index is 0.0122. The maximum Gasteiger partial charge on any atom is 0.415 e. The van der Waals surface area contributed by atoms with Gasteiger partial charge in [0.15, 0.2) is 0 Å². The van der Waals surface area contributed by atoms with E-state index in [0.717, 1.165) is 93.7 Å². The summed E-state index contributed by atoms with van der Waals surface area (Å²) in [6, 6.07) is 19.8. The highest BCUT2D eigenvalue weighted by atomic mass is 32.1. The van der Waals surface area contributed by atoms with Crippen LogP contribution in [0.2, 0.25) is 0 Å². The molecule has 3 aliphatic heterocycles. The highest BCUT2D eigenvalue weighted by Crippen LogP contribution is 2.44. The number of unbranched alkanes of at least 4 members (excludes halogenated alkanes) is 1. The number of piperazine rings is 1. The fraction of sp³-hybridized carbons (Fsp3) is 0.571. The Hall–Kier alpha value is -3.36. The van der Waals surface area contributed by atoms with E-state index in [1.165, 1.54) is 12.0 Å². The molecule has 3 atom stereocenters. The maximum absolute atomic E-state index is 14.7. The summed E-state index contributed by atoms with van der Waals surface area (Å²) in [6.45, 7) is 6.74. The number of likely N-dealkylation sites (tertiary alicyclic amines) is 1. The number of rotatable bonds is 14. The molecule has 4 aliphatic rings. The zero-order valence-electron chi connectivity index (χ0n) is 31.6. The first-order valence-corrected chi connectivity index (χ1v) is 21.0. The van der Waals surface area contributed by atoms with Gasteiger partial charge in [-0.25, -0.2) is 4.79 Å². The van der Waals surface area contributed by atoms with E-state index in [-0.39, 0.29) is 24.5 Å². The zero-order valence-corrected chi connectivity index (χ0v) is 32.4. The number of hydrogen-bond acceptors (Lipinski definition) is 10. The Labute approximate surface area is 324 Å². The SMILES string of the molecule is NCCCC[C@@H](NC1CCC2(CC1)CCN(Cc1ccccc1)C2)C(=O)N1CCN(C(=O)Oc2cccc3c2CCNC3)C[C@H]1C(O)NCc1cccs1. The molecular weight excluding hydrogens is 699 g/mol. The lowest BCUT2D eigenvalue weighted by Gasteiger charge is -2.45. The Morgan fingerprint density at radius 3 is 2.67 bits per heavy atom. The molecule has 292 valence electrons. The van der Waals surface area contributed by atoms with E-state index in [9.17, 15) is 14.7 Å². The number of nitrogens with two attached hydrogens (primary N) is 1. The summed E-state index contributed by atoms with van der Waals surface area (Å²) in [5.41, 5.74) is 9.84. The molecular formula is C42H59N7O4S. The Bertz CT molecular complexity index is 1650. The average molecular weight is 758 g/mol. The van der Waals surface area contributed by atoms with Crippen LogP contribution in [0.1, 0.15) is 72.9 Å². The van der Waals surface area contributed by atoms with Crippen molar-refractivity contribution in [3.63, 3.8) is 0 Å². The molecule has 2 amide bonds. The molecule has 1 aromatic heterocycles. The van der Waals surface area contributed by atoms with E-state index >= 15 is 0 Å². The van der Waals surface area contributed by atoms with Crippen molar-refractivity contribution in [3.8, 4) is 5.75 Å².